The van der Waals surface area contributed by atoms with E-state index in [9.17, 15) is 9.59 Å². The molecule has 2 heterocycles. The number of carbonyl (C=O) groups is 2. The molecule has 0 aliphatic rings. The minimum atomic E-state index is -0.516. The summed E-state index contributed by atoms with van der Waals surface area (Å²) in [5, 5.41) is 6.57. The summed E-state index contributed by atoms with van der Waals surface area (Å²) < 4.78 is 5.13. The Bertz CT molecular complexity index is 875. The van der Waals surface area contributed by atoms with Gasteiger partial charge in [-0.3, -0.25) is 14.6 Å². The lowest BCUT2D eigenvalue weighted by Gasteiger charge is -2.04. The van der Waals surface area contributed by atoms with Crippen LogP contribution >= 0.6 is 0 Å². The summed E-state index contributed by atoms with van der Waals surface area (Å²) in [6, 6.07) is 11.7. The van der Waals surface area contributed by atoms with E-state index in [-0.39, 0.29) is 12.3 Å². The largest absolute Gasteiger partial charge is 0.366 e. The van der Waals surface area contributed by atoms with Crippen LogP contribution in [0.3, 0.4) is 0 Å². The van der Waals surface area contributed by atoms with Gasteiger partial charge in [0.1, 0.15) is 5.69 Å². The molecule has 0 spiro atoms. The summed E-state index contributed by atoms with van der Waals surface area (Å²) in [5.74, 6) is 0.0281. The van der Waals surface area contributed by atoms with Gasteiger partial charge in [0, 0.05) is 30.3 Å². The first-order chi connectivity index (χ1) is 12.1. The van der Waals surface area contributed by atoms with E-state index in [0.29, 0.717) is 35.1 Å². The van der Waals surface area contributed by atoms with E-state index in [1.165, 1.54) is 0 Å². The number of amides is 2. The van der Waals surface area contributed by atoms with Crippen LogP contribution in [-0.2, 0) is 11.2 Å². The predicted octanol–water partition coefficient (Wildman–Crippen LogP) is 1.80. The van der Waals surface area contributed by atoms with Gasteiger partial charge in [-0.15, -0.1) is 0 Å². The van der Waals surface area contributed by atoms with E-state index >= 15 is 0 Å². The summed E-state index contributed by atoms with van der Waals surface area (Å²) in [5.41, 5.74) is 6.73. The van der Waals surface area contributed by atoms with Crippen LogP contribution in [0.25, 0.3) is 11.5 Å². The molecule has 0 atom stereocenters. The molecule has 3 rings (SSSR count). The molecule has 0 bridgehead atoms. The predicted molar refractivity (Wildman–Crippen MR) is 89.4 cm³/mol. The number of anilines is 1. The van der Waals surface area contributed by atoms with Crippen LogP contribution in [0.4, 0.5) is 5.69 Å². The smallest absolute Gasteiger partial charge is 0.248 e. The SMILES string of the molecule is NC(=O)c1ccc(NC(=O)CCc2nc(-c3ccccn3)no2)cc1. The van der Waals surface area contributed by atoms with Crippen molar-refractivity contribution < 1.29 is 14.1 Å². The van der Waals surface area contributed by atoms with Gasteiger partial charge in [-0.2, -0.15) is 4.98 Å². The standard InChI is InChI=1S/C17H15N5O3/c18-16(24)11-4-6-12(7-5-11)20-14(23)8-9-15-21-17(22-25-15)13-3-1-2-10-19-13/h1-7,10H,8-9H2,(H2,18,24)(H,20,23). The van der Waals surface area contributed by atoms with Gasteiger partial charge in [0.25, 0.3) is 0 Å². The Hall–Kier alpha value is -3.55. The molecule has 1 aromatic carbocycles. The second-order valence-electron chi connectivity index (χ2n) is 5.22. The van der Waals surface area contributed by atoms with Gasteiger partial charge in [0.2, 0.25) is 23.5 Å². The number of aryl methyl sites for hydroxylation is 1. The molecule has 2 amide bonds. The number of nitrogens with zero attached hydrogens (tertiary/aromatic N) is 3. The average Bonchev–Trinajstić information content (AvgIpc) is 3.10. The molecule has 25 heavy (non-hydrogen) atoms. The van der Waals surface area contributed by atoms with Crippen molar-refractivity contribution in [2.75, 3.05) is 5.32 Å². The summed E-state index contributed by atoms with van der Waals surface area (Å²) in [6.45, 7) is 0. The number of primary amides is 1. The summed E-state index contributed by atoms with van der Waals surface area (Å²) >= 11 is 0. The van der Waals surface area contributed by atoms with Gasteiger partial charge in [-0.05, 0) is 36.4 Å². The third kappa shape index (κ3) is 4.25. The molecule has 126 valence electrons. The molecule has 3 aromatic rings. The van der Waals surface area contributed by atoms with Crippen LogP contribution in [0, 0.1) is 0 Å². The normalized spacial score (nSPS) is 10.4. The lowest BCUT2D eigenvalue weighted by Crippen LogP contribution is -2.13. The zero-order valence-corrected chi connectivity index (χ0v) is 13.2. The van der Waals surface area contributed by atoms with E-state index in [4.69, 9.17) is 10.3 Å². The van der Waals surface area contributed by atoms with Gasteiger partial charge in [-0.25, -0.2) is 0 Å². The third-order valence-corrected chi connectivity index (χ3v) is 3.38. The van der Waals surface area contributed by atoms with Crippen LogP contribution in [0.1, 0.15) is 22.7 Å². The number of hydrogen-bond donors (Lipinski definition) is 2. The van der Waals surface area contributed by atoms with Crippen molar-refractivity contribution in [3.63, 3.8) is 0 Å². The fraction of sp³-hybridized carbons (Fsp3) is 0.118. The number of carbonyl (C=O) groups excluding carboxylic acids is 2. The van der Waals surface area contributed by atoms with Crippen molar-refractivity contribution in [1.82, 2.24) is 15.1 Å². The van der Waals surface area contributed by atoms with Crippen LogP contribution in [0.5, 0.6) is 0 Å². The van der Waals surface area contributed by atoms with Crippen LogP contribution in [0.2, 0.25) is 0 Å². The van der Waals surface area contributed by atoms with E-state index < -0.39 is 5.91 Å². The third-order valence-electron chi connectivity index (χ3n) is 3.38. The highest BCUT2D eigenvalue weighted by Crippen LogP contribution is 2.13. The first-order valence-corrected chi connectivity index (χ1v) is 7.55. The Balaban J connectivity index is 1.54. The molecule has 8 nitrogen and oxygen atoms in total. The molecule has 0 unspecified atom stereocenters. The van der Waals surface area contributed by atoms with Crippen molar-refractivity contribution in [2.45, 2.75) is 12.8 Å². The fourth-order valence-corrected chi connectivity index (χ4v) is 2.12. The highest BCUT2D eigenvalue weighted by molar-refractivity contribution is 5.94. The van der Waals surface area contributed by atoms with E-state index in [2.05, 4.69) is 20.4 Å². The maximum atomic E-state index is 12.0. The molecule has 3 N–H and O–H groups in total. The van der Waals surface area contributed by atoms with Crippen LogP contribution < -0.4 is 11.1 Å². The molecule has 2 aromatic heterocycles. The van der Waals surface area contributed by atoms with E-state index in [0.717, 1.165) is 0 Å². The Morgan fingerprint density at radius 3 is 2.60 bits per heavy atom. The zero-order chi connectivity index (χ0) is 17.6. The molecule has 0 aliphatic carbocycles. The highest BCUT2D eigenvalue weighted by Gasteiger charge is 2.11. The van der Waals surface area contributed by atoms with Crippen molar-refractivity contribution in [3.05, 3.63) is 60.1 Å². The van der Waals surface area contributed by atoms with Gasteiger partial charge in [-0.1, -0.05) is 11.2 Å². The van der Waals surface area contributed by atoms with E-state index in [1.807, 2.05) is 6.07 Å². The van der Waals surface area contributed by atoms with Crippen LogP contribution in [0.15, 0.2) is 53.2 Å². The molecule has 0 saturated heterocycles. The minimum absolute atomic E-state index is 0.182. The van der Waals surface area contributed by atoms with Gasteiger partial charge in [0.05, 0.1) is 0 Å². The molecular formula is C17H15N5O3. The van der Waals surface area contributed by atoms with Gasteiger partial charge >= 0.3 is 0 Å². The van der Waals surface area contributed by atoms with Gasteiger partial charge in [0.15, 0.2) is 0 Å². The number of rotatable bonds is 6. The molecule has 0 fully saturated rings. The highest BCUT2D eigenvalue weighted by atomic mass is 16.5. The molecule has 0 radical (unpaired) electrons. The Morgan fingerprint density at radius 1 is 1.12 bits per heavy atom. The first-order valence-electron chi connectivity index (χ1n) is 7.55. The number of nitrogens with one attached hydrogen (secondary N) is 1. The van der Waals surface area contributed by atoms with Gasteiger partial charge < -0.3 is 15.6 Å². The molecule has 0 aliphatic heterocycles. The second-order valence-corrected chi connectivity index (χ2v) is 5.22. The lowest BCUT2D eigenvalue weighted by molar-refractivity contribution is -0.116. The van der Waals surface area contributed by atoms with Crippen molar-refractivity contribution in [2.24, 2.45) is 5.73 Å². The maximum absolute atomic E-state index is 12.0. The minimum Gasteiger partial charge on any atom is -0.366 e. The van der Waals surface area contributed by atoms with Crippen molar-refractivity contribution in [3.8, 4) is 11.5 Å². The Kier molecular flexibility index (Phi) is 4.79. The fourth-order valence-electron chi connectivity index (χ4n) is 2.12. The molecule has 0 saturated carbocycles. The van der Waals surface area contributed by atoms with E-state index in [1.54, 1.807) is 42.6 Å². The maximum Gasteiger partial charge on any atom is 0.248 e. The Labute approximate surface area is 143 Å². The average molecular weight is 337 g/mol. The number of pyridine rings is 1. The summed E-state index contributed by atoms with van der Waals surface area (Å²) in [6.07, 6.45) is 2.13. The Morgan fingerprint density at radius 2 is 1.92 bits per heavy atom. The van der Waals surface area contributed by atoms with Crippen LogP contribution in [-0.4, -0.2) is 26.9 Å². The number of aromatic nitrogens is 3. The lowest BCUT2D eigenvalue weighted by atomic mass is 10.2. The number of benzene rings is 1. The molecule has 8 heteroatoms. The summed E-state index contributed by atoms with van der Waals surface area (Å²) in [4.78, 5) is 31.3. The van der Waals surface area contributed by atoms with Crippen molar-refractivity contribution >= 4 is 17.5 Å². The van der Waals surface area contributed by atoms with Crippen molar-refractivity contribution in [1.29, 1.82) is 0 Å². The quantitative estimate of drug-likeness (QED) is 0.707. The first kappa shape index (κ1) is 16.3. The number of hydrogen-bond acceptors (Lipinski definition) is 6. The zero-order valence-electron chi connectivity index (χ0n) is 13.2. The molecular weight excluding hydrogens is 322 g/mol. The summed E-state index contributed by atoms with van der Waals surface area (Å²) in [7, 11) is 0. The second kappa shape index (κ2) is 7.35. The topological polar surface area (TPSA) is 124 Å². The number of nitrogens with two attached hydrogens (primary N) is 1. The monoisotopic (exact) mass is 337 g/mol.